The van der Waals surface area contributed by atoms with Crippen LogP contribution in [0.3, 0.4) is 0 Å². The summed E-state index contributed by atoms with van der Waals surface area (Å²) in [6, 6.07) is 13.2. The fourth-order valence-electron chi connectivity index (χ4n) is 3.71. The molecule has 0 spiro atoms. The molecule has 0 radical (unpaired) electrons. The van der Waals surface area contributed by atoms with Crippen LogP contribution in [0.15, 0.2) is 58.0 Å². The lowest BCUT2D eigenvalue weighted by atomic mass is 9.93. The largest absolute Gasteiger partial charge is 0.495 e. The highest BCUT2D eigenvalue weighted by atomic mass is 16.6. The number of aryl methyl sites for hydroxylation is 1. The number of ether oxygens (including phenoxy) is 1. The Morgan fingerprint density at radius 3 is 2.62 bits per heavy atom. The Balaban J connectivity index is 1.57. The van der Waals surface area contributed by atoms with Crippen LogP contribution in [0.4, 0.5) is 17.1 Å². The summed E-state index contributed by atoms with van der Waals surface area (Å²) in [5.41, 5.74) is 6.48. The van der Waals surface area contributed by atoms with Crippen molar-refractivity contribution in [1.82, 2.24) is 0 Å². The third-order valence-corrected chi connectivity index (χ3v) is 5.29. The van der Waals surface area contributed by atoms with E-state index in [0.717, 1.165) is 35.4 Å². The van der Waals surface area contributed by atoms with Crippen molar-refractivity contribution < 1.29 is 18.9 Å². The summed E-state index contributed by atoms with van der Waals surface area (Å²) in [4.78, 5) is 23.3. The molecule has 1 aliphatic carbocycles. The lowest BCUT2D eigenvalue weighted by Gasteiger charge is -2.13. The Labute approximate surface area is 184 Å². The molecule has 2 aromatic carbocycles. The van der Waals surface area contributed by atoms with E-state index in [2.05, 4.69) is 15.8 Å². The number of amides is 1. The molecule has 9 heteroatoms. The Bertz CT molecular complexity index is 1200. The number of hydrogen-bond acceptors (Lipinski definition) is 7. The minimum Gasteiger partial charge on any atom is -0.495 e. The van der Waals surface area contributed by atoms with E-state index >= 15 is 0 Å². The number of methoxy groups -OCH3 is 1. The molecule has 3 aromatic rings. The maximum atomic E-state index is 12.9. The molecular formula is C23H22N4O5. The van der Waals surface area contributed by atoms with E-state index in [4.69, 9.17) is 9.15 Å². The van der Waals surface area contributed by atoms with Gasteiger partial charge in [-0.3, -0.25) is 20.3 Å². The molecule has 2 N–H and O–H groups in total. The van der Waals surface area contributed by atoms with E-state index in [-0.39, 0.29) is 17.4 Å². The van der Waals surface area contributed by atoms with E-state index in [1.54, 1.807) is 31.4 Å². The van der Waals surface area contributed by atoms with Crippen molar-refractivity contribution in [3.63, 3.8) is 0 Å². The number of nitrogens with one attached hydrogen (secondary N) is 2. The summed E-state index contributed by atoms with van der Waals surface area (Å²) < 4.78 is 11.2. The van der Waals surface area contributed by atoms with Gasteiger partial charge in [0.2, 0.25) is 0 Å². The van der Waals surface area contributed by atoms with Gasteiger partial charge in [-0.25, -0.2) is 0 Å². The number of non-ortho nitro benzene ring substituents is 1. The van der Waals surface area contributed by atoms with E-state index < -0.39 is 4.92 Å². The second kappa shape index (κ2) is 8.93. The number of rotatable bonds is 6. The summed E-state index contributed by atoms with van der Waals surface area (Å²) in [6.45, 7) is 1.84. The van der Waals surface area contributed by atoms with Gasteiger partial charge < -0.3 is 14.5 Å². The van der Waals surface area contributed by atoms with Crippen LogP contribution in [-0.2, 0) is 6.42 Å². The third kappa shape index (κ3) is 4.18. The Morgan fingerprint density at radius 2 is 1.91 bits per heavy atom. The zero-order valence-electron chi connectivity index (χ0n) is 17.7. The maximum Gasteiger partial charge on any atom is 0.291 e. The van der Waals surface area contributed by atoms with Gasteiger partial charge in [-0.15, -0.1) is 0 Å². The number of anilines is 2. The SMILES string of the molecule is COc1ccccc1NC(=O)c1oc2c(c1C)/C(=N/Nc1ccc([N+](=O)[O-])cc1)CCC2. The van der Waals surface area contributed by atoms with Crippen molar-refractivity contribution in [2.75, 3.05) is 17.9 Å². The number of para-hydroxylation sites is 2. The van der Waals surface area contributed by atoms with Gasteiger partial charge >= 0.3 is 0 Å². The highest BCUT2D eigenvalue weighted by Crippen LogP contribution is 2.31. The zero-order chi connectivity index (χ0) is 22.7. The number of nitro groups is 1. The highest BCUT2D eigenvalue weighted by molar-refractivity contribution is 6.09. The second-order valence-electron chi connectivity index (χ2n) is 7.34. The fraction of sp³-hybridized carbons (Fsp3) is 0.217. The van der Waals surface area contributed by atoms with Gasteiger partial charge in [0.05, 0.1) is 29.1 Å². The van der Waals surface area contributed by atoms with Crippen molar-refractivity contribution in [2.45, 2.75) is 26.2 Å². The first-order chi connectivity index (χ1) is 15.5. The van der Waals surface area contributed by atoms with Gasteiger partial charge in [0.1, 0.15) is 11.5 Å². The smallest absolute Gasteiger partial charge is 0.291 e. The molecule has 0 fully saturated rings. The van der Waals surface area contributed by atoms with Gasteiger partial charge in [-0.2, -0.15) is 5.10 Å². The van der Waals surface area contributed by atoms with Gasteiger partial charge in [-0.1, -0.05) is 12.1 Å². The molecule has 1 aliphatic rings. The summed E-state index contributed by atoms with van der Waals surface area (Å²) in [5.74, 6) is 1.17. The lowest BCUT2D eigenvalue weighted by molar-refractivity contribution is -0.384. The maximum absolute atomic E-state index is 12.9. The normalized spacial score (nSPS) is 14.0. The Morgan fingerprint density at radius 1 is 1.16 bits per heavy atom. The molecule has 9 nitrogen and oxygen atoms in total. The predicted molar refractivity (Wildman–Crippen MR) is 121 cm³/mol. The summed E-state index contributed by atoms with van der Waals surface area (Å²) in [7, 11) is 1.54. The van der Waals surface area contributed by atoms with Crippen LogP contribution in [0.5, 0.6) is 5.75 Å². The number of benzene rings is 2. The molecule has 1 aromatic heterocycles. The number of nitro benzene ring substituents is 1. The van der Waals surface area contributed by atoms with Crippen LogP contribution < -0.4 is 15.5 Å². The Kier molecular flexibility index (Phi) is 5.89. The molecule has 0 aliphatic heterocycles. The van der Waals surface area contributed by atoms with E-state index in [1.165, 1.54) is 12.1 Å². The zero-order valence-corrected chi connectivity index (χ0v) is 17.7. The molecule has 1 amide bonds. The van der Waals surface area contributed by atoms with Gasteiger partial charge in [-0.05, 0) is 44.0 Å². The first-order valence-corrected chi connectivity index (χ1v) is 10.1. The van der Waals surface area contributed by atoms with E-state index in [1.807, 2.05) is 19.1 Å². The molecule has 0 bridgehead atoms. The van der Waals surface area contributed by atoms with Gasteiger partial charge in [0, 0.05) is 29.7 Å². The summed E-state index contributed by atoms with van der Waals surface area (Å²) in [5, 5.41) is 18.2. The minimum absolute atomic E-state index is 0.0135. The van der Waals surface area contributed by atoms with Gasteiger partial charge in [0.25, 0.3) is 11.6 Å². The molecular weight excluding hydrogens is 412 g/mol. The van der Waals surface area contributed by atoms with Crippen LogP contribution >= 0.6 is 0 Å². The molecule has 4 rings (SSSR count). The number of fused-ring (bicyclic) bond motifs is 1. The molecule has 0 atom stereocenters. The van der Waals surface area contributed by atoms with E-state index in [9.17, 15) is 14.9 Å². The molecule has 164 valence electrons. The van der Waals surface area contributed by atoms with Crippen LogP contribution in [0.1, 0.15) is 40.3 Å². The van der Waals surface area contributed by atoms with Crippen molar-refractivity contribution >= 4 is 28.7 Å². The minimum atomic E-state index is -0.449. The first kappa shape index (κ1) is 21.1. The van der Waals surface area contributed by atoms with Crippen LogP contribution in [0, 0.1) is 17.0 Å². The standard InChI is InChI=1S/C23H22N4O5/c1-14-21-18(26-25-15-10-12-16(13-11-15)27(29)30)7-5-9-20(21)32-22(14)23(28)24-17-6-3-4-8-19(17)31-2/h3-4,6,8,10-13,25H,5,7,9H2,1-2H3,(H,24,28)/b26-18+. The average Bonchev–Trinajstić information content (AvgIpc) is 3.15. The number of carbonyl (C=O) groups is 1. The first-order valence-electron chi connectivity index (χ1n) is 10.1. The van der Waals surface area contributed by atoms with Crippen molar-refractivity contribution in [3.8, 4) is 5.75 Å². The number of hydrazone groups is 1. The average molecular weight is 434 g/mol. The number of carbonyl (C=O) groups excluding carboxylic acids is 1. The fourth-order valence-corrected chi connectivity index (χ4v) is 3.71. The third-order valence-electron chi connectivity index (χ3n) is 5.29. The quantitative estimate of drug-likeness (QED) is 0.420. The van der Waals surface area contributed by atoms with Crippen molar-refractivity contribution in [1.29, 1.82) is 0 Å². The van der Waals surface area contributed by atoms with Crippen molar-refractivity contribution in [2.24, 2.45) is 5.10 Å². The van der Waals surface area contributed by atoms with Gasteiger partial charge in [0.15, 0.2) is 5.76 Å². The Hall–Kier alpha value is -4.14. The molecule has 32 heavy (non-hydrogen) atoms. The summed E-state index contributed by atoms with van der Waals surface area (Å²) >= 11 is 0. The number of hydrogen-bond donors (Lipinski definition) is 2. The monoisotopic (exact) mass is 434 g/mol. The molecule has 0 unspecified atom stereocenters. The van der Waals surface area contributed by atoms with Crippen LogP contribution in [0.2, 0.25) is 0 Å². The predicted octanol–water partition coefficient (Wildman–Crippen LogP) is 4.91. The highest BCUT2D eigenvalue weighted by Gasteiger charge is 2.28. The van der Waals surface area contributed by atoms with E-state index in [0.29, 0.717) is 23.5 Å². The lowest BCUT2D eigenvalue weighted by Crippen LogP contribution is -2.14. The topological polar surface area (TPSA) is 119 Å². The summed E-state index contributed by atoms with van der Waals surface area (Å²) in [6.07, 6.45) is 2.28. The van der Waals surface area contributed by atoms with Crippen molar-refractivity contribution in [3.05, 3.63) is 81.3 Å². The molecule has 1 heterocycles. The second-order valence-corrected chi connectivity index (χ2v) is 7.34. The number of nitrogens with zero attached hydrogens (tertiary/aromatic N) is 2. The molecule has 0 saturated carbocycles. The van der Waals surface area contributed by atoms with Crippen LogP contribution in [-0.4, -0.2) is 23.7 Å². The van der Waals surface area contributed by atoms with Crippen LogP contribution in [0.25, 0.3) is 0 Å². The number of furan rings is 1. The molecule has 0 saturated heterocycles.